The summed E-state index contributed by atoms with van der Waals surface area (Å²) in [7, 11) is 0. The topological polar surface area (TPSA) is 69.6 Å². The van der Waals surface area contributed by atoms with E-state index in [1.807, 2.05) is 6.08 Å². The van der Waals surface area contributed by atoms with Crippen LogP contribution in [0.4, 0.5) is 0 Å². The molecule has 0 saturated heterocycles. The summed E-state index contributed by atoms with van der Waals surface area (Å²) in [5.74, 6) is -0.0723. The van der Waals surface area contributed by atoms with E-state index in [0.29, 0.717) is 6.42 Å². The first-order valence-electron chi connectivity index (χ1n) is 31.7. The molecule has 74 heavy (non-hydrogen) atoms. The number of amides is 1. The van der Waals surface area contributed by atoms with Crippen molar-refractivity contribution in [3.8, 4) is 0 Å². The van der Waals surface area contributed by atoms with Crippen LogP contribution in [0.25, 0.3) is 0 Å². The molecule has 0 bridgehead atoms. The van der Waals surface area contributed by atoms with Crippen molar-refractivity contribution < 1.29 is 15.0 Å². The van der Waals surface area contributed by atoms with E-state index < -0.39 is 12.1 Å². The van der Waals surface area contributed by atoms with Gasteiger partial charge in [-0.2, -0.15) is 0 Å². The van der Waals surface area contributed by atoms with Gasteiger partial charge in [-0.25, -0.2) is 0 Å². The number of allylic oxidation sites excluding steroid dienone is 19. The molecule has 0 aromatic heterocycles. The predicted octanol–water partition coefficient (Wildman–Crippen LogP) is 21.6. The Morgan fingerprint density at radius 3 is 0.892 bits per heavy atom. The third-order valence-corrected chi connectivity index (χ3v) is 14.0. The lowest BCUT2D eigenvalue weighted by molar-refractivity contribution is -0.123. The first kappa shape index (κ1) is 70.8. The molecule has 3 N–H and O–H groups in total. The Morgan fingerprint density at radius 2 is 0.595 bits per heavy atom. The lowest BCUT2D eigenvalue weighted by atomic mass is 10.0. The first-order chi connectivity index (χ1) is 36.7. The second kappa shape index (κ2) is 64.1. The minimum Gasteiger partial charge on any atom is -0.394 e. The van der Waals surface area contributed by atoms with E-state index in [-0.39, 0.29) is 12.5 Å². The third kappa shape index (κ3) is 59.7. The second-order valence-electron chi connectivity index (χ2n) is 21.1. The van der Waals surface area contributed by atoms with Crippen LogP contribution in [0.3, 0.4) is 0 Å². The highest BCUT2D eigenvalue weighted by Crippen LogP contribution is 2.17. The summed E-state index contributed by atoms with van der Waals surface area (Å²) in [5, 5.41) is 23.2. The molecule has 4 nitrogen and oxygen atoms in total. The maximum absolute atomic E-state index is 12.5. The number of rotatable bonds is 57. The van der Waals surface area contributed by atoms with E-state index in [9.17, 15) is 15.0 Å². The smallest absolute Gasteiger partial charge is 0.220 e. The number of carbonyl (C=O) groups excluding carboxylic acids is 1. The average Bonchev–Trinajstić information content (AvgIpc) is 3.40. The van der Waals surface area contributed by atoms with Crippen molar-refractivity contribution in [1.82, 2.24) is 5.32 Å². The zero-order valence-corrected chi connectivity index (χ0v) is 48.8. The van der Waals surface area contributed by atoms with Crippen molar-refractivity contribution in [2.24, 2.45) is 0 Å². The third-order valence-electron chi connectivity index (χ3n) is 14.0. The largest absolute Gasteiger partial charge is 0.394 e. The van der Waals surface area contributed by atoms with Gasteiger partial charge in [0.15, 0.2) is 0 Å². The van der Waals surface area contributed by atoms with Crippen LogP contribution in [0.2, 0.25) is 0 Å². The number of hydrogen-bond acceptors (Lipinski definition) is 3. The van der Waals surface area contributed by atoms with Crippen LogP contribution in [0.5, 0.6) is 0 Å². The van der Waals surface area contributed by atoms with Crippen molar-refractivity contribution in [2.75, 3.05) is 6.61 Å². The zero-order valence-electron chi connectivity index (χ0n) is 48.8. The molecular formula is C70H121NO3. The molecule has 424 valence electrons. The summed E-state index contributed by atoms with van der Waals surface area (Å²) in [6.07, 6.45) is 98.1. The molecule has 0 aliphatic rings. The fourth-order valence-corrected chi connectivity index (χ4v) is 9.17. The Labute approximate surface area is 460 Å². The van der Waals surface area contributed by atoms with E-state index in [0.717, 1.165) is 89.9 Å². The summed E-state index contributed by atoms with van der Waals surface area (Å²) in [6.45, 7) is 4.21. The van der Waals surface area contributed by atoms with E-state index >= 15 is 0 Å². The van der Waals surface area contributed by atoms with E-state index in [1.165, 1.54) is 186 Å². The van der Waals surface area contributed by atoms with Gasteiger partial charge in [-0.1, -0.05) is 322 Å². The summed E-state index contributed by atoms with van der Waals surface area (Å²) in [6, 6.07) is -0.635. The highest BCUT2D eigenvalue weighted by Gasteiger charge is 2.18. The Bertz CT molecular complexity index is 1440. The monoisotopic (exact) mass is 1020 g/mol. The van der Waals surface area contributed by atoms with Crippen LogP contribution >= 0.6 is 0 Å². The maximum Gasteiger partial charge on any atom is 0.220 e. The number of hydrogen-bond donors (Lipinski definition) is 3. The molecule has 0 heterocycles. The summed E-state index contributed by atoms with van der Waals surface area (Å²) < 4.78 is 0. The highest BCUT2D eigenvalue weighted by molar-refractivity contribution is 5.76. The van der Waals surface area contributed by atoms with Gasteiger partial charge in [-0.15, -0.1) is 0 Å². The van der Waals surface area contributed by atoms with Crippen LogP contribution in [0.1, 0.15) is 296 Å². The molecule has 1 amide bonds. The van der Waals surface area contributed by atoms with Gasteiger partial charge in [0.25, 0.3) is 0 Å². The molecule has 0 aromatic rings. The van der Waals surface area contributed by atoms with Gasteiger partial charge in [0.1, 0.15) is 0 Å². The fourth-order valence-electron chi connectivity index (χ4n) is 9.17. The molecule has 4 heteroatoms. The van der Waals surface area contributed by atoms with Gasteiger partial charge in [-0.3, -0.25) is 4.79 Å². The van der Waals surface area contributed by atoms with Crippen molar-refractivity contribution >= 4 is 5.91 Å². The van der Waals surface area contributed by atoms with Crippen LogP contribution in [-0.2, 0) is 4.79 Å². The Hall–Kier alpha value is -3.21. The standard InChI is InChI=1S/C70H121NO3/c1-3-5-7-9-11-13-15-17-19-21-23-25-27-29-30-31-32-33-34-35-36-37-38-39-40-42-44-46-48-50-52-54-56-58-60-62-64-66-70(74)71-68(67-72)69(73)65-63-61-59-57-55-53-51-49-47-45-43-41-28-26-24-22-20-18-16-14-12-10-8-6-4-2/h5,7,11,13,17,19,23,25,29-30,32-33,35-36,38-39,42,44,63,65,68-69,72-73H,3-4,6,8-10,12,14-16,18,20-22,24,26-28,31,34,37,40-41,43,45-62,64,66-67H2,1-2H3,(H,71,74)/b7-5-,13-11-,19-17-,25-23-,30-29-,33-32-,36-35-,39-38-,44-42-,65-63+. The molecule has 2 atom stereocenters. The number of unbranched alkanes of at least 4 members (excludes halogenated alkanes) is 32. The molecule has 0 aliphatic carbocycles. The highest BCUT2D eigenvalue weighted by atomic mass is 16.3. The minimum absolute atomic E-state index is 0.0723. The number of aliphatic hydroxyl groups excluding tert-OH is 2. The Balaban J connectivity index is 3.58. The molecule has 0 radical (unpaired) electrons. The summed E-state index contributed by atoms with van der Waals surface area (Å²) >= 11 is 0. The van der Waals surface area contributed by atoms with Crippen molar-refractivity contribution in [2.45, 2.75) is 309 Å². The summed E-state index contributed by atoms with van der Waals surface area (Å²) in [5.41, 5.74) is 0. The van der Waals surface area contributed by atoms with Gasteiger partial charge in [0.2, 0.25) is 5.91 Å². The fraction of sp³-hybridized carbons (Fsp3) is 0.700. The van der Waals surface area contributed by atoms with Crippen molar-refractivity contribution in [3.05, 3.63) is 122 Å². The molecule has 0 fully saturated rings. The number of aliphatic hydroxyl groups is 2. The van der Waals surface area contributed by atoms with E-state index in [1.54, 1.807) is 6.08 Å². The quantitative estimate of drug-likeness (QED) is 0.0420. The molecule has 0 aromatic carbocycles. The van der Waals surface area contributed by atoms with Gasteiger partial charge < -0.3 is 15.5 Å². The van der Waals surface area contributed by atoms with Crippen LogP contribution in [-0.4, -0.2) is 34.9 Å². The number of nitrogens with one attached hydrogen (secondary N) is 1. The zero-order chi connectivity index (χ0) is 53.4. The lowest BCUT2D eigenvalue weighted by Crippen LogP contribution is -2.45. The molecule has 2 unspecified atom stereocenters. The van der Waals surface area contributed by atoms with Crippen molar-refractivity contribution in [3.63, 3.8) is 0 Å². The van der Waals surface area contributed by atoms with Gasteiger partial charge in [0, 0.05) is 6.42 Å². The normalized spacial score (nSPS) is 13.6. The van der Waals surface area contributed by atoms with Gasteiger partial charge in [0.05, 0.1) is 18.8 Å². The first-order valence-corrected chi connectivity index (χ1v) is 31.7. The van der Waals surface area contributed by atoms with E-state index in [4.69, 9.17) is 0 Å². The predicted molar refractivity (Wildman–Crippen MR) is 331 cm³/mol. The molecular weight excluding hydrogens is 903 g/mol. The van der Waals surface area contributed by atoms with Crippen molar-refractivity contribution in [1.29, 1.82) is 0 Å². The van der Waals surface area contributed by atoms with Crippen LogP contribution in [0, 0.1) is 0 Å². The maximum atomic E-state index is 12.5. The Kier molecular flexibility index (Phi) is 61.3. The average molecular weight is 1020 g/mol. The Morgan fingerprint density at radius 1 is 0.338 bits per heavy atom. The molecule has 0 aliphatic heterocycles. The minimum atomic E-state index is -0.851. The van der Waals surface area contributed by atoms with Crippen LogP contribution < -0.4 is 5.32 Å². The van der Waals surface area contributed by atoms with E-state index in [2.05, 4.69) is 129 Å². The molecule has 0 saturated carbocycles. The van der Waals surface area contributed by atoms with Crippen LogP contribution in [0.15, 0.2) is 122 Å². The lowest BCUT2D eigenvalue weighted by Gasteiger charge is -2.20. The second-order valence-corrected chi connectivity index (χ2v) is 21.1. The van der Waals surface area contributed by atoms with Gasteiger partial charge >= 0.3 is 0 Å². The molecule has 0 spiro atoms. The summed E-state index contributed by atoms with van der Waals surface area (Å²) in [4.78, 5) is 12.5. The SMILES string of the molecule is CC/C=C\C/C=C\C/C=C\C/C=C\C/C=C\C/C=C\C/C=C\C/C=C\C/C=C\CCCCCCCCCCCC(=O)NC(CO)C(O)/C=C/CCCCCCCCCCCCCCCCCCCCCCCCC. The molecule has 0 rings (SSSR count). The van der Waals surface area contributed by atoms with Gasteiger partial charge in [-0.05, 0) is 89.9 Å². The number of carbonyl (C=O) groups is 1.